The van der Waals surface area contributed by atoms with Gasteiger partial charge < -0.3 is 25.4 Å². The summed E-state index contributed by atoms with van der Waals surface area (Å²) in [5.41, 5.74) is 1.27. The second-order valence-corrected chi connectivity index (χ2v) is 10.0. The predicted molar refractivity (Wildman–Crippen MR) is 138 cm³/mol. The molecule has 0 radical (unpaired) electrons. The van der Waals surface area contributed by atoms with Crippen LogP contribution in [0.3, 0.4) is 0 Å². The van der Waals surface area contributed by atoms with Gasteiger partial charge in [-0.25, -0.2) is 9.37 Å². The fourth-order valence-electron chi connectivity index (χ4n) is 5.12. The number of ether oxygens (including phenoxy) is 2. The van der Waals surface area contributed by atoms with Crippen molar-refractivity contribution in [3.8, 4) is 17.3 Å². The van der Waals surface area contributed by atoms with Crippen molar-refractivity contribution in [1.82, 2.24) is 15.3 Å². The van der Waals surface area contributed by atoms with E-state index in [1.165, 1.54) is 6.20 Å². The van der Waals surface area contributed by atoms with Crippen LogP contribution in [-0.4, -0.2) is 61.6 Å². The zero-order chi connectivity index (χ0) is 25.4. The van der Waals surface area contributed by atoms with Crippen LogP contribution >= 0.6 is 0 Å². The average Bonchev–Trinajstić information content (AvgIpc) is 2.90. The highest BCUT2D eigenvalue weighted by atomic mass is 19.1. The van der Waals surface area contributed by atoms with Crippen molar-refractivity contribution in [2.45, 2.75) is 63.6 Å². The van der Waals surface area contributed by atoms with Gasteiger partial charge in [-0.15, -0.1) is 0 Å². The molecule has 0 unspecified atom stereocenters. The summed E-state index contributed by atoms with van der Waals surface area (Å²) in [4.78, 5) is 8.68. The third-order valence-corrected chi connectivity index (χ3v) is 7.24. The SMILES string of the molecule is COC[C@@H](C)N[C@H]1CC[C@H](Nc2ccc(NCC3(C#N)CCOCC3)nc2-c2ccncc2F)CC1. The van der Waals surface area contributed by atoms with Gasteiger partial charge in [0, 0.05) is 56.8 Å². The molecule has 194 valence electrons. The van der Waals surface area contributed by atoms with Gasteiger partial charge in [-0.2, -0.15) is 5.26 Å². The van der Waals surface area contributed by atoms with Crippen molar-refractivity contribution in [2.24, 2.45) is 5.41 Å². The van der Waals surface area contributed by atoms with Gasteiger partial charge in [0.05, 0.1) is 35.7 Å². The fraction of sp³-hybridized carbons (Fsp3) is 0.593. The highest BCUT2D eigenvalue weighted by Gasteiger charge is 2.32. The summed E-state index contributed by atoms with van der Waals surface area (Å²) in [6.07, 6.45) is 8.33. The molecule has 0 bridgehead atoms. The number of hydrogen-bond acceptors (Lipinski definition) is 8. The molecule has 3 N–H and O–H groups in total. The van der Waals surface area contributed by atoms with E-state index in [0.717, 1.165) is 31.4 Å². The van der Waals surface area contributed by atoms with Crippen LogP contribution in [0.25, 0.3) is 11.3 Å². The Morgan fingerprint density at radius 2 is 1.94 bits per heavy atom. The van der Waals surface area contributed by atoms with E-state index in [9.17, 15) is 9.65 Å². The largest absolute Gasteiger partial charge is 0.383 e. The molecule has 2 aromatic heterocycles. The minimum absolute atomic E-state index is 0.286. The number of nitrogens with one attached hydrogen (secondary N) is 3. The summed E-state index contributed by atoms with van der Waals surface area (Å²) in [6.45, 7) is 4.49. The lowest BCUT2D eigenvalue weighted by atomic mass is 9.82. The van der Waals surface area contributed by atoms with Gasteiger partial charge in [0.25, 0.3) is 0 Å². The number of methoxy groups -OCH3 is 1. The van der Waals surface area contributed by atoms with Crippen molar-refractivity contribution in [3.63, 3.8) is 0 Å². The van der Waals surface area contributed by atoms with Gasteiger partial charge in [-0.1, -0.05) is 0 Å². The van der Waals surface area contributed by atoms with Crippen molar-refractivity contribution < 1.29 is 13.9 Å². The van der Waals surface area contributed by atoms with Gasteiger partial charge in [0.1, 0.15) is 5.82 Å². The van der Waals surface area contributed by atoms with E-state index in [4.69, 9.17) is 14.5 Å². The lowest BCUT2D eigenvalue weighted by Gasteiger charge is -2.32. The topological polar surface area (TPSA) is 104 Å². The lowest BCUT2D eigenvalue weighted by Crippen LogP contribution is -2.42. The Balaban J connectivity index is 1.47. The number of nitriles is 1. The van der Waals surface area contributed by atoms with Crippen LogP contribution in [0.4, 0.5) is 15.9 Å². The summed E-state index contributed by atoms with van der Waals surface area (Å²) >= 11 is 0. The summed E-state index contributed by atoms with van der Waals surface area (Å²) in [5, 5.41) is 20.4. The number of rotatable bonds is 10. The molecule has 36 heavy (non-hydrogen) atoms. The molecule has 2 aromatic rings. The average molecular weight is 497 g/mol. The maximum Gasteiger partial charge on any atom is 0.150 e. The number of halogens is 1. The first-order valence-corrected chi connectivity index (χ1v) is 12.9. The Kier molecular flexibility index (Phi) is 9.08. The minimum Gasteiger partial charge on any atom is -0.383 e. The zero-order valence-electron chi connectivity index (χ0n) is 21.2. The summed E-state index contributed by atoms with van der Waals surface area (Å²) in [7, 11) is 1.73. The molecule has 3 heterocycles. The minimum atomic E-state index is -0.480. The quantitative estimate of drug-likeness (QED) is 0.446. The first-order valence-electron chi connectivity index (χ1n) is 12.9. The molecule has 9 heteroatoms. The number of pyridine rings is 2. The second-order valence-electron chi connectivity index (χ2n) is 10.0. The summed E-state index contributed by atoms with van der Waals surface area (Å²) in [6, 6.07) is 9.07. The van der Waals surface area contributed by atoms with E-state index in [1.54, 1.807) is 19.4 Å². The molecular weight excluding hydrogens is 459 g/mol. The van der Waals surface area contributed by atoms with Crippen LogP contribution in [0.5, 0.6) is 0 Å². The Labute approximate surface area is 213 Å². The van der Waals surface area contributed by atoms with E-state index >= 15 is 0 Å². The van der Waals surface area contributed by atoms with Gasteiger partial charge >= 0.3 is 0 Å². The molecule has 2 aliphatic rings. The van der Waals surface area contributed by atoms with Crippen molar-refractivity contribution in [1.29, 1.82) is 5.26 Å². The normalized spacial score (nSPS) is 22.4. The maximum atomic E-state index is 14.8. The number of nitrogens with zero attached hydrogens (tertiary/aromatic N) is 3. The second kappa shape index (κ2) is 12.4. The van der Waals surface area contributed by atoms with Crippen molar-refractivity contribution >= 4 is 11.5 Å². The number of aromatic nitrogens is 2. The van der Waals surface area contributed by atoms with Crippen molar-refractivity contribution in [2.75, 3.05) is 44.1 Å². The number of anilines is 2. The third-order valence-electron chi connectivity index (χ3n) is 7.24. The van der Waals surface area contributed by atoms with E-state index in [1.807, 2.05) is 12.1 Å². The fourth-order valence-corrected chi connectivity index (χ4v) is 5.12. The van der Waals surface area contributed by atoms with E-state index in [0.29, 0.717) is 68.4 Å². The van der Waals surface area contributed by atoms with Gasteiger partial charge in [-0.3, -0.25) is 4.98 Å². The molecule has 4 rings (SSSR count). The third kappa shape index (κ3) is 6.69. The first kappa shape index (κ1) is 26.3. The first-order chi connectivity index (χ1) is 17.5. The van der Waals surface area contributed by atoms with E-state index in [-0.39, 0.29) is 6.04 Å². The molecule has 0 aromatic carbocycles. The molecule has 1 saturated carbocycles. The molecule has 0 amide bonds. The van der Waals surface area contributed by atoms with Gasteiger partial charge in [0.15, 0.2) is 5.82 Å². The van der Waals surface area contributed by atoms with Gasteiger partial charge in [0.2, 0.25) is 0 Å². The molecule has 1 aliphatic carbocycles. The zero-order valence-corrected chi connectivity index (χ0v) is 21.2. The molecular formula is C27H37FN6O2. The molecule has 1 aliphatic heterocycles. The highest BCUT2D eigenvalue weighted by Crippen LogP contribution is 2.33. The lowest BCUT2D eigenvalue weighted by molar-refractivity contribution is 0.0455. The molecule has 1 atom stereocenters. The Bertz CT molecular complexity index is 1030. The van der Waals surface area contributed by atoms with Crippen LogP contribution < -0.4 is 16.0 Å². The Morgan fingerprint density at radius 1 is 1.19 bits per heavy atom. The van der Waals surface area contributed by atoms with E-state index in [2.05, 4.69) is 33.9 Å². The molecule has 0 spiro atoms. The standard InChI is InChI=1S/C27H37FN6O2/c1-19(16-35-2)32-20-3-5-21(6-4-20)33-24-7-8-25(31-18-27(17-29)10-13-36-14-11-27)34-26(24)22-9-12-30-15-23(22)28/h7-9,12,15,19-21,32-33H,3-6,10-11,13-14,16,18H2,1-2H3,(H,31,34)/t19-,20-,21-/m1/s1. The maximum absolute atomic E-state index is 14.8. The monoisotopic (exact) mass is 496 g/mol. The highest BCUT2D eigenvalue weighted by molar-refractivity contribution is 5.76. The summed E-state index contributed by atoms with van der Waals surface area (Å²) < 4.78 is 25.4. The molecule has 1 saturated heterocycles. The van der Waals surface area contributed by atoms with Crippen LogP contribution in [-0.2, 0) is 9.47 Å². The van der Waals surface area contributed by atoms with Gasteiger partial charge in [-0.05, 0) is 63.6 Å². The van der Waals surface area contributed by atoms with Crippen LogP contribution in [0.2, 0.25) is 0 Å². The molecule has 8 nitrogen and oxygen atoms in total. The Morgan fingerprint density at radius 3 is 2.64 bits per heavy atom. The predicted octanol–water partition coefficient (Wildman–Crippen LogP) is 4.36. The smallest absolute Gasteiger partial charge is 0.150 e. The van der Waals surface area contributed by atoms with Crippen molar-refractivity contribution in [3.05, 3.63) is 36.4 Å². The van der Waals surface area contributed by atoms with E-state index < -0.39 is 11.2 Å². The van der Waals surface area contributed by atoms with Crippen LogP contribution in [0.15, 0.2) is 30.6 Å². The molecule has 2 fully saturated rings. The summed E-state index contributed by atoms with van der Waals surface area (Å²) in [5.74, 6) is 0.205. The van der Waals surface area contributed by atoms with Crippen LogP contribution in [0, 0.1) is 22.6 Å². The Hall–Kier alpha value is -2.80. The number of hydrogen-bond donors (Lipinski definition) is 3. The van der Waals surface area contributed by atoms with Crippen LogP contribution in [0.1, 0.15) is 45.4 Å².